The van der Waals surface area contributed by atoms with Crippen LogP contribution < -0.4 is 0 Å². The number of aromatic nitrogens is 8. The second kappa shape index (κ2) is 13.2. The van der Waals surface area contributed by atoms with Crippen LogP contribution in [0, 0.1) is 0 Å². The highest BCUT2D eigenvalue weighted by Gasteiger charge is 2.19. The van der Waals surface area contributed by atoms with Crippen molar-refractivity contribution in [1.29, 1.82) is 0 Å². The van der Waals surface area contributed by atoms with E-state index >= 15 is 0 Å². The summed E-state index contributed by atoms with van der Waals surface area (Å²) in [4.78, 5) is 26.2. The van der Waals surface area contributed by atoms with Gasteiger partial charge >= 0.3 is 0 Å². The molecule has 0 aliphatic carbocycles. The van der Waals surface area contributed by atoms with Gasteiger partial charge in [0.25, 0.3) is 0 Å². The normalized spacial score (nSPS) is 11.4. The highest BCUT2D eigenvalue weighted by Crippen LogP contribution is 2.35. The van der Waals surface area contributed by atoms with Crippen molar-refractivity contribution in [3.8, 4) is 45.6 Å². The number of para-hydroxylation sites is 8. The minimum Gasteiger partial charge on any atom is -0.338 e. The molecule has 0 radical (unpaired) electrons. The first-order valence-electron chi connectivity index (χ1n) is 17.7. The lowest BCUT2D eigenvalue weighted by Crippen LogP contribution is -2.02. The number of hydrogen-bond acceptors (Lipinski definition) is 4. The van der Waals surface area contributed by atoms with Crippen molar-refractivity contribution in [2.75, 3.05) is 0 Å². The Balaban J connectivity index is 0.000000140. The second-order valence-electron chi connectivity index (χ2n) is 12.6. The Morgan fingerprint density at radius 1 is 0.385 bits per heavy atom. The Labute approximate surface area is 300 Å². The van der Waals surface area contributed by atoms with Gasteiger partial charge in [0.1, 0.15) is 23.3 Å². The molecule has 0 fully saturated rings. The van der Waals surface area contributed by atoms with E-state index in [9.17, 15) is 0 Å². The van der Waals surface area contributed by atoms with Gasteiger partial charge in [-0.05, 0) is 62.4 Å². The Morgan fingerprint density at radius 2 is 0.731 bits per heavy atom. The van der Waals surface area contributed by atoms with Crippen LogP contribution in [0.25, 0.3) is 89.7 Å². The van der Waals surface area contributed by atoms with Crippen LogP contribution in [0.15, 0.2) is 146 Å². The molecule has 252 valence electrons. The fraction of sp³-hybridized carbons (Fsp3) is 0.0909. The van der Waals surface area contributed by atoms with E-state index in [1.54, 1.807) is 0 Å². The number of aromatic amines is 2. The summed E-state index contributed by atoms with van der Waals surface area (Å²) in [5.74, 6) is 3.70. The summed E-state index contributed by atoms with van der Waals surface area (Å²) in [6.07, 6.45) is 0. The molecule has 0 aliphatic rings. The van der Waals surface area contributed by atoms with Gasteiger partial charge in [0.2, 0.25) is 0 Å². The van der Waals surface area contributed by atoms with E-state index < -0.39 is 0 Å². The summed E-state index contributed by atoms with van der Waals surface area (Å²) in [5, 5.41) is 0. The van der Waals surface area contributed by atoms with Gasteiger partial charge in [-0.15, -0.1) is 0 Å². The number of nitrogens with one attached hydrogen (secondary N) is 2. The van der Waals surface area contributed by atoms with Crippen LogP contribution in [-0.2, 0) is 13.1 Å². The molecule has 0 spiro atoms. The van der Waals surface area contributed by atoms with E-state index in [0.717, 1.165) is 91.7 Å². The average molecular weight is 677 g/mol. The average Bonchev–Trinajstić information content (AvgIpc) is 4.00. The molecule has 52 heavy (non-hydrogen) atoms. The summed E-state index contributed by atoms with van der Waals surface area (Å²) in [5.41, 5.74) is 12.7. The zero-order valence-corrected chi connectivity index (χ0v) is 29.0. The first kappa shape index (κ1) is 31.2. The van der Waals surface area contributed by atoms with Gasteiger partial charge in [-0.25, -0.2) is 19.9 Å². The van der Waals surface area contributed by atoms with Crippen LogP contribution in [0.3, 0.4) is 0 Å². The molecule has 0 aliphatic heterocycles. The van der Waals surface area contributed by atoms with E-state index in [1.807, 2.05) is 72.8 Å². The lowest BCUT2D eigenvalue weighted by atomic mass is 10.1. The van der Waals surface area contributed by atoms with Crippen LogP contribution >= 0.6 is 0 Å². The zero-order chi connectivity index (χ0) is 35.0. The minimum absolute atomic E-state index is 0.854. The molecule has 4 aromatic heterocycles. The van der Waals surface area contributed by atoms with Crippen molar-refractivity contribution in [3.63, 3.8) is 0 Å². The van der Waals surface area contributed by atoms with Gasteiger partial charge in [0.05, 0.1) is 44.1 Å². The minimum atomic E-state index is 0.854. The molecule has 0 amide bonds. The fourth-order valence-corrected chi connectivity index (χ4v) is 7.13. The number of fused-ring (bicyclic) bond motifs is 4. The highest BCUT2D eigenvalue weighted by molar-refractivity contribution is 5.89. The van der Waals surface area contributed by atoms with Gasteiger partial charge in [-0.2, -0.15) is 0 Å². The molecule has 8 heteroatoms. The molecule has 10 rings (SSSR count). The third-order valence-corrected chi connectivity index (χ3v) is 9.57. The number of H-pyrrole nitrogens is 2. The number of hydrogen-bond donors (Lipinski definition) is 2. The summed E-state index contributed by atoms with van der Waals surface area (Å²) < 4.78 is 4.57. The number of aryl methyl sites for hydroxylation is 2. The summed E-state index contributed by atoms with van der Waals surface area (Å²) in [7, 11) is 0. The van der Waals surface area contributed by atoms with Crippen LogP contribution in [0.2, 0.25) is 0 Å². The lowest BCUT2D eigenvalue weighted by Gasteiger charge is -2.12. The first-order valence-corrected chi connectivity index (χ1v) is 17.7. The molecule has 0 bridgehead atoms. The second-order valence-corrected chi connectivity index (χ2v) is 12.6. The predicted octanol–water partition coefficient (Wildman–Crippen LogP) is 10.5. The maximum Gasteiger partial charge on any atom is 0.141 e. The first-order chi connectivity index (χ1) is 25.7. The van der Waals surface area contributed by atoms with Gasteiger partial charge in [-0.1, -0.05) is 97.1 Å². The van der Waals surface area contributed by atoms with E-state index in [2.05, 4.69) is 106 Å². The SMILES string of the molecule is CCn1c(-c2ccccc2-c2nc3ccccc3n2CC)nc2ccccc21.c1ccc(-c2nc3ccccc3[nH]2)c(-c2nc3ccccc3[nH]2)c1. The Morgan fingerprint density at radius 3 is 1.13 bits per heavy atom. The molecule has 0 unspecified atom stereocenters. The predicted molar refractivity (Wildman–Crippen MR) is 212 cm³/mol. The Bertz CT molecular complexity index is 2590. The highest BCUT2D eigenvalue weighted by atomic mass is 15.1. The third kappa shape index (κ3) is 5.41. The number of rotatable bonds is 6. The summed E-state index contributed by atoms with van der Waals surface area (Å²) >= 11 is 0. The van der Waals surface area contributed by atoms with Crippen molar-refractivity contribution in [2.24, 2.45) is 0 Å². The standard InChI is InChI=1S/C24H22N4.C20H14N4/c1-3-27-21-15-9-7-13-19(21)25-23(27)17-11-5-6-12-18(17)24-26-20-14-8-10-16-22(20)28(24)4-2;1-2-8-14(20-23-17-11-5-6-12-18(17)24-20)13(7-1)19-21-15-9-3-4-10-16(15)22-19/h5-16H,3-4H2,1-2H3;1-12H,(H,21,22)(H,23,24). The quantitative estimate of drug-likeness (QED) is 0.183. The summed E-state index contributed by atoms with van der Waals surface area (Å²) in [6, 6.07) is 49.4. The molecule has 0 saturated carbocycles. The van der Waals surface area contributed by atoms with E-state index in [1.165, 1.54) is 11.0 Å². The lowest BCUT2D eigenvalue weighted by molar-refractivity contribution is 0.790. The van der Waals surface area contributed by atoms with Crippen LogP contribution in [-0.4, -0.2) is 39.0 Å². The van der Waals surface area contributed by atoms with Crippen molar-refractivity contribution in [3.05, 3.63) is 146 Å². The smallest absolute Gasteiger partial charge is 0.141 e. The van der Waals surface area contributed by atoms with E-state index in [0.29, 0.717) is 0 Å². The summed E-state index contributed by atoms with van der Waals surface area (Å²) in [6.45, 7) is 6.08. The van der Waals surface area contributed by atoms with Gasteiger partial charge in [-0.3, -0.25) is 0 Å². The van der Waals surface area contributed by atoms with Gasteiger partial charge in [0.15, 0.2) is 0 Å². The van der Waals surface area contributed by atoms with Gasteiger partial charge < -0.3 is 19.1 Å². The Kier molecular flexibility index (Phi) is 7.89. The number of nitrogens with zero attached hydrogens (tertiary/aromatic N) is 6. The van der Waals surface area contributed by atoms with Crippen molar-refractivity contribution < 1.29 is 0 Å². The van der Waals surface area contributed by atoms with Crippen molar-refractivity contribution >= 4 is 44.1 Å². The Hall–Kier alpha value is -6.80. The van der Waals surface area contributed by atoms with E-state index in [-0.39, 0.29) is 0 Å². The van der Waals surface area contributed by atoms with E-state index in [4.69, 9.17) is 19.9 Å². The molecule has 0 saturated heterocycles. The topological polar surface area (TPSA) is 93.0 Å². The molecule has 6 aromatic carbocycles. The molecule has 2 N–H and O–H groups in total. The fourth-order valence-electron chi connectivity index (χ4n) is 7.13. The van der Waals surface area contributed by atoms with Crippen LogP contribution in [0.4, 0.5) is 0 Å². The van der Waals surface area contributed by atoms with Crippen LogP contribution in [0.1, 0.15) is 13.8 Å². The maximum atomic E-state index is 4.98. The molecule has 4 heterocycles. The molecule has 8 nitrogen and oxygen atoms in total. The van der Waals surface area contributed by atoms with Crippen LogP contribution in [0.5, 0.6) is 0 Å². The van der Waals surface area contributed by atoms with Crippen molar-refractivity contribution in [2.45, 2.75) is 26.9 Å². The third-order valence-electron chi connectivity index (χ3n) is 9.57. The molecular weight excluding hydrogens is 641 g/mol. The van der Waals surface area contributed by atoms with Gasteiger partial charge in [0, 0.05) is 35.3 Å². The number of benzene rings is 6. The zero-order valence-electron chi connectivity index (χ0n) is 29.0. The maximum absolute atomic E-state index is 4.98. The number of imidazole rings is 4. The largest absolute Gasteiger partial charge is 0.338 e. The monoisotopic (exact) mass is 676 g/mol. The molecule has 0 atom stereocenters. The molecule has 10 aromatic rings. The molecular formula is C44H36N8. The van der Waals surface area contributed by atoms with Crippen molar-refractivity contribution in [1.82, 2.24) is 39.0 Å².